The van der Waals surface area contributed by atoms with Gasteiger partial charge in [0.1, 0.15) is 6.04 Å². The molecule has 0 aliphatic carbocycles. The number of nitrogens with zero attached hydrogens (tertiary/aromatic N) is 1. The van der Waals surface area contributed by atoms with Gasteiger partial charge in [-0.3, -0.25) is 9.46 Å². The summed E-state index contributed by atoms with van der Waals surface area (Å²) in [5.41, 5.74) is 0. The Labute approximate surface area is 75.7 Å². The van der Waals surface area contributed by atoms with E-state index in [2.05, 4.69) is 9.39 Å². The molecule has 70 valence electrons. The number of ether oxygens (including phenoxy) is 1. The van der Waals surface area contributed by atoms with Crippen molar-refractivity contribution in [1.82, 2.24) is 4.67 Å². The van der Waals surface area contributed by atoms with Gasteiger partial charge in [-0.15, -0.1) is 0 Å². The Balaban J connectivity index is 2.42. The van der Waals surface area contributed by atoms with E-state index in [1.165, 1.54) is 6.42 Å². The molecule has 0 radical (unpaired) electrons. The van der Waals surface area contributed by atoms with Gasteiger partial charge in [-0.1, -0.05) is 9.39 Å². The smallest absolute Gasteiger partial charge is 0.323 e. The molecule has 1 saturated heterocycles. The molecule has 4 heteroatoms. The maximum Gasteiger partial charge on any atom is 0.323 e. The molecule has 1 heterocycles. The van der Waals surface area contributed by atoms with E-state index >= 15 is 0 Å². The molecule has 0 aromatic carbocycles. The zero-order chi connectivity index (χ0) is 8.97. The standard InChI is InChI=1S/C8H16NO2P/c1-2-11-8(10)7-5-3-4-6-9(7)12/h7H,2-6,12H2,1H3. The average molecular weight is 189 g/mol. The van der Waals surface area contributed by atoms with Gasteiger partial charge >= 0.3 is 5.97 Å². The van der Waals surface area contributed by atoms with Gasteiger partial charge in [-0.05, 0) is 26.2 Å². The lowest BCUT2D eigenvalue weighted by Gasteiger charge is -2.29. The van der Waals surface area contributed by atoms with Gasteiger partial charge in [0.2, 0.25) is 0 Å². The summed E-state index contributed by atoms with van der Waals surface area (Å²) in [5, 5.41) is 0. The Morgan fingerprint density at radius 1 is 1.67 bits per heavy atom. The molecule has 0 aromatic heterocycles. The Morgan fingerprint density at radius 2 is 2.42 bits per heavy atom. The monoisotopic (exact) mass is 189 g/mol. The molecule has 0 aromatic rings. The Morgan fingerprint density at radius 3 is 3.00 bits per heavy atom. The third kappa shape index (κ3) is 2.43. The third-order valence-corrected chi connectivity index (χ3v) is 2.72. The number of carbonyl (C=O) groups excluding carboxylic acids is 1. The highest BCUT2D eigenvalue weighted by Gasteiger charge is 2.26. The van der Waals surface area contributed by atoms with E-state index in [1.807, 2.05) is 11.6 Å². The van der Waals surface area contributed by atoms with Crippen molar-refractivity contribution in [1.29, 1.82) is 0 Å². The third-order valence-electron chi connectivity index (χ3n) is 2.10. The molecule has 0 N–H and O–H groups in total. The SMILES string of the molecule is CCOC(=O)C1CCCCN1P. The Kier molecular flexibility index (Phi) is 3.96. The number of carbonyl (C=O) groups is 1. The van der Waals surface area contributed by atoms with Crippen molar-refractivity contribution in [2.45, 2.75) is 32.2 Å². The average Bonchev–Trinajstić information content (AvgIpc) is 2.05. The minimum atomic E-state index is -0.0767. The Bertz CT molecular complexity index is 163. The largest absolute Gasteiger partial charge is 0.465 e. The molecular formula is C8H16NO2P. The van der Waals surface area contributed by atoms with Crippen LogP contribution in [0, 0.1) is 0 Å². The summed E-state index contributed by atoms with van der Waals surface area (Å²) < 4.78 is 6.96. The molecule has 2 atom stereocenters. The van der Waals surface area contributed by atoms with Gasteiger partial charge in [0.05, 0.1) is 6.61 Å². The van der Waals surface area contributed by atoms with Gasteiger partial charge in [-0.2, -0.15) is 0 Å². The molecule has 0 spiro atoms. The van der Waals surface area contributed by atoms with Crippen LogP contribution >= 0.6 is 9.39 Å². The summed E-state index contributed by atoms with van der Waals surface area (Å²) >= 11 is 0. The number of esters is 1. The van der Waals surface area contributed by atoms with Crippen molar-refractivity contribution >= 4 is 15.4 Å². The normalized spacial score (nSPS) is 25.3. The molecule has 0 bridgehead atoms. The van der Waals surface area contributed by atoms with E-state index in [0.29, 0.717) is 6.61 Å². The van der Waals surface area contributed by atoms with E-state index in [-0.39, 0.29) is 12.0 Å². The molecule has 1 fully saturated rings. The molecular weight excluding hydrogens is 173 g/mol. The van der Waals surface area contributed by atoms with E-state index in [0.717, 1.165) is 19.4 Å². The van der Waals surface area contributed by atoms with Crippen LogP contribution in [0.15, 0.2) is 0 Å². The minimum absolute atomic E-state index is 0.0244. The lowest BCUT2D eigenvalue weighted by molar-refractivity contribution is -0.148. The molecule has 1 rings (SSSR count). The number of piperidine rings is 1. The maximum absolute atomic E-state index is 11.3. The van der Waals surface area contributed by atoms with Crippen LogP contribution < -0.4 is 0 Å². The van der Waals surface area contributed by atoms with Gasteiger partial charge in [0.15, 0.2) is 0 Å². The molecule has 12 heavy (non-hydrogen) atoms. The van der Waals surface area contributed by atoms with E-state index in [9.17, 15) is 4.79 Å². The van der Waals surface area contributed by atoms with Crippen molar-refractivity contribution in [2.24, 2.45) is 0 Å². The second-order valence-electron chi connectivity index (χ2n) is 3.00. The number of hydrogen-bond donors (Lipinski definition) is 0. The zero-order valence-electron chi connectivity index (χ0n) is 7.45. The molecule has 2 unspecified atom stereocenters. The summed E-state index contributed by atoms with van der Waals surface area (Å²) in [6.45, 7) is 3.30. The maximum atomic E-state index is 11.3. The zero-order valence-corrected chi connectivity index (χ0v) is 8.61. The molecule has 1 aliphatic rings. The van der Waals surface area contributed by atoms with Crippen LogP contribution in [0.3, 0.4) is 0 Å². The first-order chi connectivity index (χ1) is 5.75. The highest BCUT2D eigenvalue weighted by Crippen LogP contribution is 2.21. The highest BCUT2D eigenvalue weighted by atomic mass is 31.0. The van der Waals surface area contributed by atoms with E-state index < -0.39 is 0 Å². The lowest BCUT2D eigenvalue weighted by Crippen LogP contribution is -2.39. The van der Waals surface area contributed by atoms with Gasteiger partial charge in [0.25, 0.3) is 0 Å². The van der Waals surface area contributed by atoms with Crippen molar-refractivity contribution in [3.8, 4) is 0 Å². The first kappa shape index (κ1) is 9.94. The van der Waals surface area contributed by atoms with Crippen molar-refractivity contribution < 1.29 is 9.53 Å². The van der Waals surface area contributed by atoms with Crippen molar-refractivity contribution in [3.63, 3.8) is 0 Å². The lowest BCUT2D eigenvalue weighted by atomic mass is 10.1. The van der Waals surface area contributed by atoms with Crippen LogP contribution in [0.25, 0.3) is 0 Å². The first-order valence-electron chi connectivity index (χ1n) is 4.43. The quantitative estimate of drug-likeness (QED) is 0.482. The van der Waals surface area contributed by atoms with Crippen LogP contribution in [0.5, 0.6) is 0 Å². The Hall–Kier alpha value is -0.140. The summed E-state index contributed by atoms with van der Waals surface area (Å²) in [5.74, 6) is -0.0767. The van der Waals surface area contributed by atoms with Crippen LogP contribution in [0.1, 0.15) is 26.2 Å². The van der Waals surface area contributed by atoms with Crippen molar-refractivity contribution in [3.05, 3.63) is 0 Å². The number of rotatable bonds is 2. The second kappa shape index (κ2) is 4.78. The molecule has 1 aliphatic heterocycles. The van der Waals surface area contributed by atoms with Gasteiger partial charge in [0, 0.05) is 6.54 Å². The fraction of sp³-hybridized carbons (Fsp3) is 0.875. The first-order valence-corrected chi connectivity index (χ1v) is 4.95. The fourth-order valence-electron chi connectivity index (χ4n) is 1.45. The minimum Gasteiger partial charge on any atom is -0.465 e. The van der Waals surface area contributed by atoms with Crippen molar-refractivity contribution in [2.75, 3.05) is 13.2 Å². The topological polar surface area (TPSA) is 29.5 Å². The van der Waals surface area contributed by atoms with E-state index in [1.54, 1.807) is 0 Å². The number of hydrogen-bond acceptors (Lipinski definition) is 3. The molecule has 0 saturated carbocycles. The summed E-state index contributed by atoms with van der Waals surface area (Å²) in [6, 6.07) is -0.0244. The summed E-state index contributed by atoms with van der Waals surface area (Å²) in [4.78, 5) is 11.3. The van der Waals surface area contributed by atoms with Crippen LogP contribution in [0.4, 0.5) is 0 Å². The van der Waals surface area contributed by atoms with Crippen LogP contribution in [-0.4, -0.2) is 29.8 Å². The fourth-order valence-corrected chi connectivity index (χ4v) is 1.90. The highest BCUT2D eigenvalue weighted by molar-refractivity contribution is 7.13. The van der Waals surface area contributed by atoms with Crippen LogP contribution in [-0.2, 0) is 9.53 Å². The van der Waals surface area contributed by atoms with Crippen LogP contribution in [0.2, 0.25) is 0 Å². The van der Waals surface area contributed by atoms with E-state index in [4.69, 9.17) is 4.74 Å². The second-order valence-corrected chi connectivity index (χ2v) is 3.66. The molecule has 0 amide bonds. The predicted octanol–water partition coefficient (Wildman–Crippen LogP) is 1.19. The summed E-state index contributed by atoms with van der Waals surface area (Å²) in [7, 11) is 2.60. The summed E-state index contributed by atoms with van der Waals surface area (Å²) in [6.07, 6.45) is 3.25. The molecule has 3 nitrogen and oxygen atoms in total. The predicted molar refractivity (Wildman–Crippen MR) is 50.7 cm³/mol. The van der Waals surface area contributed by atoms with Gasteiger partial charge in [-0.25, -0.2) is 0 Å². The van der Waals surface area contributed by atoms with Gasteiger partial charge < -0.3 is 4.74 Å².